The number of rotatable bonds is 4. The van der Waals surface area contributed by atoms with E-state index in [9.17, 15) is 14.0 Å². The molecule has 5 rings (SSSR count). The van der Waals surface area contributed by atoms with Crippen molar-refractivity contribution in [3.63, 3.8) is 0 Å². The molecule has 4 heterocycles. The highest BCUT2D eigenvalue weighted by Gasteiger charge is 2.39. The summed E-state index contributed by atoms with van der Waals surface area (Å²) in [4.78, 5) is 35.9. The minimum Gasteiger partial charge on any atom is -0.381 e. The molecule has 0 saturated carbocycles. The van der Waals surface area contributed by atoms with Crippen molar-refractivity contribution in [3.8, 4) is 0 Å². The van der Waals surface area contributed by atoms with Crippen LogP contribution in [0.4, 0.5) is 9.18 Å². The molecule has 33 heavy (non-hydrogen) atoms. The van der Waals surface area contributed by atoms with Crippen molar-refractivity contribution in [3.05, 3.63) is 64.7 Å². The Morgan fingerprint density at radius 3 is 2.67 bits per heavy atom. The van der Waals surface area contributed by atoms with Gasteiger partial charge in [0, 0.05) is 36.7 Å². The normalized spacial score (nSPS) is 21.9. The van der Waals surface area contributed by atoms with Gasteiger partial charge in [-0.1, -0.05) is 12.1 Å². The number of carbonyl (C=O) groups is 2. The van der Waals surface area contributed by atoms with E-state index >= 15 is 0 Å². The third-order valence-corrected chi connectivity index (χ3v) is 6.55. The highest BCUT2D eigenvalue weighted by Crippen LogP contribution is 2.29. The molecule has 0 aliphatic carbocycles. The Balaban J connectivity index is 1.16. The fourth-order valence-corrected chi connectivity index (χ4v) is 4.67. The maximum atomic E-state index is 13.1. The molecule has 3 atom stereocenters. The first kappa shape index (κ1) is 21.5. The molecule has 0 bridgehead atoms. The van der Waals surface area contributed by atoms with Crippen molar-refractivity contribution in [1.82, 2.24) is 20.5 Å². The summed E-state index contributed by atoms with van der Waals surface area (Å²) in [6, 6.07) is 7.54. The predicted molar refractivity (Wildman–Crippen MR) is 119 cm³/mol. The number of fused-ring (bicyclic) bond motifs is 2. The van der Waals surface area contributed by atoms with Crippen LogP contribution in [-0.2, 0) is 22.5 Å². The van der Waals surface area contributed by atoms with Crippen LogP contribution in [0.2, 0.25) is 0 Å². The lowest BCUT2D eigenvalue weighted by Gasteiger charge is -2.18. The molecule has 8 nitrogen and oxygen atoms in total. The highest BCUT2D eigenvalue weighted by molar-refractivity contribution is 6.09. The quantitative estimate of drug-likeness (QED) is 0.745. The van der Waals surface area contributed by atoms with Gasteiger partial charge < -0.3 is 15.0 Å². The number of aliphatic imine (C=N–C) groups is 1. The second-order valence-electron chi connectivity index (χ2n) is 8.91. The number of nitrogens with one attached hydrogen (secondary N) is 2. The first-order chi connectivity index (χ1) is 16.0. The standard InChI is InChI=1S/C24H26FN5O3/c1-14(15-2-4-19(25)5-3-15)28-22(31)7-20-6-16-8-27-23(21(16)9-26-20)29-24(32)30-10-17-12-33-13-18(17)11-30/h2-6,9,14,17-18H,7-8,10-13H2,1H3,(H,28,31)(H,27,29,32)/t14-,17-,18+/m1/s1. The molecule has 3 aliphatic rings. The molecule has 0 unspecified atom stereocenters. The van der Waals surface area contributed by atoms with Crippen LogP contribution < -0.4 is 10.6 Å². The van der Waals surface area contributed by atoms with Crippen LogP contribution in [0.25, 0.3) is 0 Å². The van der Waals surface area contributed by atoms with Crippen molar-refractivity contribution in [2.45, 2.75) is 25.9 Å². The minimum atomic E-state index is -0.310. The smallest absolute Gasteiger partial charge is 0.323 e. The molecule has 2 saturated heterocycles. The number of urea groups is 1. The number of likely N-dealkylation sites (tertiary alicyclic amines) is 1. The maximum absolute atomic E-state index is 13.1. The van der Waals surface area contributed by atoms with Crippen molar-refractivity contribution in [1.29, 1.82) is 0 Å². The van der Waals surface area contributed by atoms with E-state index in [1.807, 2.05) is 17.9 Å². The van der Waals surface area contributed by atoms with Crippen LogP contribution in [0.15, 0.2) is 41.5 Å². The summed E-state index contributed by atoms with van der Waals surface area (Å²) in [5.41, 5.74) is 3.18. The zero-order valence-electron chi connectivity index (χ0n) is 18.4. The van der Waals surface area contributed by atoms with Gasteiger partial charge in [-0.05, 0) is 36.2 Å². The molecule has 9 heteroatoms. The number of halogens is 1. The lowest BCUT2D eigenvalue weighted by molar-refractivity contribution is -0.121. The summed E-state index contributed by atoms with van der Waals surface area (Å²) in [5, 5.41) is 5.84. The second kappa shape index (κ2) is 8.90. The fourth-order valence-electron chi connectivity index (χ4n) is 4.67. The van der Waals surface area contributed by atoms with Gasteiger partial charge in [-0.2, -0.15) is 0 Å². The van der Waals surface area contributed by atoms with Crippen molar-refractivity contribution < 1.29 is 18.7 Å². The van der Waals surface area contributed by atoms with Gasteiger partial charge in [0.25, 0.3) is 0 Å². The van der Waals surface area contributed by atoms with Gasteiger partial charge in [0.05, 0.1) is 37.9 Å². The van der Waals surface area contributed by atoms with E-state index < -0.39 is 0 Å². The van der Waals surface area contributed by atoms with E-state index in [2.05, 4.69) is 20.6 Å². The Hall–Kier alpha value is -3.33. The zero-order valence-corrected chi connectivity index (χ0v) is 18.4. The summed E-state index contributed by atoms with van der Waals surface area (Å²) in [7, 11) is 0. The predicted octanol–water partition coefficient (Wildman–Crippen LogP) is 2.19. The number of hydrogen-bond acceptors (Lipinski definition) is 5. The second-order valence-corrected chi connectivity index (χ2v) is 8.91. The Morgan fingerprint density at radius 1 is 1.21 bits per heavy atom. The average molecular weight is 452 g/mol. The molecule has 0 radical (unpaired) electrons. The molecule has 3 aliphatic heterocycles. The average Bonchev–Trinajstić information content (AvgIpc) is 3.49. The molecule has 2 fully saturated rings. The number of carbonyl (C=O) groups excluding carboxylic acids is 2. The Kier molecular flexibility index (Phi) is 5.80. The highest BCUT2D eigenvalue weighted by atomic mass is 19.1. The Morgan fingerprint density at radius 2 is 1.94 bits per heavy atom. The SMILES string of the molecule is C[C@@H](NC(=O)Cc1cc2c(cn1)C(NC(=O)N1C[C@H]3COC[C@H]3C1)=NC2)c1ccc(F)cc1. The molecule has 172 valence electrons. The van der Waals surface area contributed by atoms with E-state index in [0.717, 1.165) is 29.9 Å². The number of benzene rings is 1. The van der Waals surface area contributed by atoms with Gasteiger partial charge in [0.15, 0.2) is 0 Å². The maximum Gasteiger partial charge on any atom is 0.323 e. The van der Waals surface area contributed by atoms with Gasteiger partial charge in [-0.25, -0.2) is 9.18 Å². The summed E-state index contributed by atoms with van der Waals surface area (Å²) in [5.74, 6) is 0.895. The first-order valence-electron chi connectivity index (χ1n) is 11.2. The third kappa shape index (κ3) is 4.59. The van der Waals surface area contributed by atoms with Crippen LogP contribution in [0.1, 0.15) is 35.3 Å². The lowest BCUT2D eigenvalue weighted by atomic mass is 10.0. The number of hydrogen-bond donors (Lipinski definition) is 2. The number of aromatic nitrogens is 1. The number of amides is 3. The van der Waals surface area contributed by atoms with Crippen LogP contribution in [0.5, 0.6) is 0 Å². The fraction of sp³-hybridized carbons (Fsp3) is 0.417. The Bertz CT molecular complexity index is 1090. The monoisotopic (exact) mass is 451 g/mol. The molecular formula is C24H26FN5O3. The van der Waals surface area contributed by atoms with E-state index in [0.29, 0.717) is 43.0 Å². The molecule has 1 aromatic heterocycles. The topological polar surface area (TPSA) is 95.9 Å². The first-order valence-corrected chi connectivity index (χ1v) is 11.2. The summed E-state index contributed by atoms with van der Waals surface area (Å²) >= 11 is 0. The number of pyridine rings is 1. The molecule has 1 aromatic carbocycles. The van der Waals surface area contributed by atoms with Crippen molar-refractivity contribution in [2.75, 3.05) is 26.3 Å². The van der Waals surface area contributed by atoms with Crippen LogP contribution >= 0.6 is 0 Å². The minimum absolute atomic E-state index is 0.124. The molecule has 3 amide bonds. The van der Waals surface area contributed by atoms with E-state index in [1.54, 1.807) is 18.3 Å². The van der Waals surface area contributed by atoms with Crippen LogP contribution in [-0.4, -0.2) is 54.0 Å². The van der Waals surface area contributed by atoms with E-state index in [4.69, 9.17) is 4.74 Å². The molecule has 2 N–H and O–H groups in total. The lowest BCUT2D eigenvalue weighted by Crippen LogP contribution is -2.42. The number of nitrogens with zero attached hydrogens (tertiary/aromatic N) is 3. The van der Waals surface area contributed by atoms with Gasteiger partial charge in [0.2, 0.25) is 5.91 Å². The molecular weight excluding hydrogens is 425 g/mol. The zero-order chi connectivity index (χ0) is 22.9. The van der Waals surface area contributed by atoms with E-state index in [1.165, 1.54) is 12.1 Å². The summed E-state index contributed by atoms with van der Waals surface area (Å²) in [6.07, 6.45) is 1.79. The summed E-state index contributed by atoms with van der Waals surface area (Å²) < 4.78 is 18.6. The van der Waals surface area contributed by atoms with Gasteiger partial charge in [0.1, 0.15) is 11.7 Å². The molecule has 0 spiro atoms. The summed E-state index contributed by atoms with van der Waals surface area (Å²) in [6.45, 7) is 5.15. The third-order valence-electron chi connectivity index (χ3n) is 6.55. The van der Waals surface area contributed by atoms with E-state index in [-0.39, 0.29) is 30.2 Å². The number of amidine groups is 1. The number of ether oxygens (including phenoxy) is 1. The largest absolute Gasteiger partial charge is 0.381 e. The van der Waals surface area contributed by atoms with Crippen molar-refractivity contribution in [2.24, 2.45) is 16.8 Å². The van der Waals surface area contributed by atoms with Crippen molar-refractivity contribution >= 4 is 17.8 Å². The van der Waals surface area contributed by atoms with Gasteiger partial charge in [-0.15, -0.1) is 0 Å². The van der Waals surface area contributed by atoms with Gasteiger partial charge >= 0.3 is 6.03 Å². The Labute approximate surface area is 191 Å². The molecule has 2 aromatic rings. The van der Waals surface area contributed by atoms with Gasteiger partial charge in [-0.3, -0.25) is 20.1 Å². The van der Waals surface area contributed by atoms with Crippen LogP contribution in [0.3, 0.4) is 0 Å². The van der Waals surface area contributed by atoms with Crippen LogP contribution in [0, 0.1) is 17.7 Å².